The summed E-state index contributed by atoms with van der Waals surface area (Å²) < 4.78 is 9.05. The van der Waals surface area contributed by atoms with Crippen LogP contribution >= 0.6 is 0 Å². The zero-order chi connectivity index (χ0) is 11.3. The first-order valence-corrected chi connectivity index (χ1v) is 4.28. The highest BCUT2D eigenvalue weighted by Gasteiger charge is 2.15. The van der Waals surface area contributed by atoms with Gasteiger partial charge in [-0.15, -0.1) is 0 Å². The van der Waals surface area contributed by atoms with Gasteiger partial charge in [0.05, 0.1) is 31.9 Å². The summed E-state index contributed by atoms with van der Waals surface area (Å²) in [5.74, 6) is -0.958. The van der Waals surface area contributed by atoms with Crippen LogP contribution in [0.15, 0.2) is 18.3 Å². The molecule has 0 radical (unpaired) electrons. The van der Waals surface area contributed by atoms with Gasteiger partial charge in [-0.25, -0.2) is 4.79 Å². The van der Waals surface area contributed by atoms with E-state index < -0.39 is 11.9 Å². The Labute approximate surface area is 87.0 Å². The Morgan fingerprint density at radius 3 is 2.67 bits per heavy atom. The predicted molar refractivity (Wildman–Crippen MR) is 51.3 cm³/mol. The van der Waals surface area contributed by atoms with Crippen molar-refractivity contribution in [2.75, 3.05) is 14.2 Å². The summed E-state index contributed by atoms with van der Waals surface area (Å²) in [4.78, 5) is 26.3. The largest absolute Gasteiger partial charge is 0.469 e. The van der Waals surface area contributed by atoms with E-state index in [2.05, 4.69) is 14.5 Å². The molecule has 0 aliphatic rings. The second-order valence-electron chi connectivity index (χ2n) is 2.74. The van der Waals surface area contributed by atoms with Gasteiger partial charge in [0, 0.05) is 6.20 Å². The van der Waals surface area contributed by atoms with Crippen molar-refractivity contribution in [1.29, 1.82) is 0 Å². The number of ether oxygens (including phenoxy) is 2. The molecule has 5 nitrogen and oxygen atoms in total. The molecule has 0 spiro atoms. The lowest BCUT2D eigenvalue weighted by molar-refractivity contribution is -0.139. The maximum absolute atomic E-state index is 11.3. The number of pyridine rings is 1. The summed E-state index contributed by atoms with van der Waals surface area (Å²) in [5.41, 5.74) is 0.640. The van der Waals surface area contributed by atoms with Crippen LogP contribution in [0.2, 0.25) is 0 Å². The summed E-state index contributed by atoms with van der Waals surface area (Å²) in [6.07, 6.45) is 1.46. The molecule has 0 unspecified atom stereocenters. The average Bonchev–Trinajstić information content (AvgIpc) is 2.28. The molecule has 0 aliphatic heterocycles. The van der Waals surface area contributed by atoms with Gasteiger partial charge in [0.2, 0.25) is 0 Å². The van der Waals surface area contributed by atoms with Crippen molar-refractivity contribution >= 4 is 11.9 Å². The normalized spacial score (nSPS) is 9.47. The van der Waals surface area contributed by atoms with E-state index in [-0.39, 0.29) is 12.0 Å². The van der Waals surface area contributed by atoms with Crippen LogP contribution in [-0.4, -0.2) is 31.1 Å². The fraction of sp³-hybridized carbons (Fsp3) is 0.300. The van der Waals surface area contributed by atoms with Crippen molar-refractivity contribution in [3.63, 3.8) is 0 Å². The summed E-state index contributed by atoms with van der Waals surface area (Å²) in [7, 11) is 2.56. The van der Waals surface area contributed by atoms with Crippen LogP contribution in [0.1, 0.15) is 16.1 Å². The lowest BCUT2D eigenvalue weighted by atomic mass is 10.1. The Morgan fingerprint density at radius 2 is 2.07 bits per heavy atom. The second kappa shape index (κ2) is 5.09. The van der Waals surface area contributed by atoms with Gasteiger partial charge in [0.15, 0.2) is 0 Å². The van der Waals surface area contributed by atoms with E-state index in [1.807, 2.05) is 0 Å². The molecule has 15 heavy (non-hydrogen) atoms. The molecule has 1 rings (SSSR count). The number of esters is 2. The molecular formula is C10H11NO4. The smallest absolute Gasteiger partial charge is 0.339 e. The fourth-order valence-corrected chi connectivity index (χ4v) is 1.08. The molecule has 5 heteroatoms. The van der Waals surface area contributed by atoms with E-state index in [1.54, 1.807) is 12.1 Å². The molecule has 0 saturated heterocycles. The van der Waals surface area contributed by atoms with Crippen LogP contribution in [0.4, 0.5) is 0 Å². The maximum atomic E-state index is 11.3. The summed E-state index contributed by atoms with van der Waals surface area (Å²) >= 11 is 0. The van der Waals surface area contributed by atoms with E-state index in [1.165, 1.54) is 20.4 Å². The highest BCUT2D eigenvalue weighted by molar-refractivity contribution is 5.91. The van der Waals surface area contributed by atoms with Crippen LogP contribution < -0.4 is 0 Å². The third-order valence-corrected chi connectivity index (χ3v) is 1.83. The van der Waals surface area contributed by atoms with Crippen molar-refractivity contribution in [3.8, 4) is 0 Å². The molecule has 0 saturated carbocycles. The molecule has 0 N–H and O–H groups in total. The van der Waals surface area contributed by atoms with Crippen molar-refractivity contribution in [2.24, 2.45) is 0 Å². The molecule has 0 bridgehead atoms. The van der Waals surface area contributed by atoms with Crippen LogP contribution in [0.3, 0.4) is 0 Å². The summed E-state index contributed by atoms with van der Waals surface area (Å²) in [6.45, 7) is 0. The fourth-order valence-electron chi connectivity index (χ4n) is 1.08. The second-order valence-corrected chi connectivity index (χ2v) is 2.74. The van der Waals surface area contributed by atoms with Crippen molar-refractivity contribution < 1.29 is 19.1 Å². The topological polar surface area (TPSA) is 65.5 Å². The molecular weight excluding hydrogens is 198 g/mol. The highest BCUT2D eigenvalue weighted by Crippen LogP contribution is 2.08. The molecule has 80 valence electrons. The molecule has 1 heterocycles. The number of carbonyl (C=O) groups is 2. The van der Waals surface area contributed by atoms with E-state index in [0.29, 0.717) is 5.69 Å². The molecule has 0 fully saturated rings. The lowest BCUT2D eigenvalue weighted by Gasteiger charge is -2.04. The minimum absolute atomic E-state index is 0.0399. The van der Waals surface area contributed by atoms with E-state index in [9.17, 15) is 9.59 Å². The molecule has 1 aromatic rings. The van der Waals surface area contributed by atoms with E-state index in [0.717, 1.165) is 0 Å². The van der Waals surface area contributed by atoms with Gasteiger partial charge >= 0.3 is 11.9 Å². The SMILES string of the molecule is COC(=O)Cc1ncccc1C(=O)OC. The molecule has 1 aromatic heterocycles. The van der Waals surface area contributed by atoms with Crippen LogP contribution in [0.5, 0.6) is 0 Å². The Bertz CT molecular complexity index is 375. The van der Waals surface area contributed by atoms with E-state index in [4.69, 9.17) is 0 Å². The zero-order valence-corrected chi connectivity index (χ0v) is 8.52. The average molecular weight is 209 g/mol. The number of nitrogens with zero attached hydrogens (tertiary/aromatic N) is 1. The quantitative estimate of drug-likeness (QED) is 0.681. The number of methoxy groups -OCH3 is 2. The molecule has 0 atom stereocenters. The number of rotatable bonds is 3. The zero-order valence-electron chi connectivity index (χ0n) is 8.52. The minimum Gasteiger partial charge on any atom is -0.469 e. The monoisotopic (exact) mass is 209 g/mol. The third-order valence-electron chi connectivity index (χ3n) is 1.83. The molecule has 0 aromatic carbocycles. The highest BCUT2D eigenvalue weighted by atomic mass is 16.5. The van der Waals surface area contributed by atoms with Crippen LogP contribution in [-0.2, 0) is 20.7 Å². The van der Waals surface area contributed by atoms with Crippen molar-refractivity contribution in [3.05, 3.63) is 29.6 Å². The number of aromatic nitrogens is 1. The van der Waals surface area contributed by atoms with Gasteiger partial charge in [-0.2, -0.15) is 0 Å². The molecule has 0 amide bonds. The first-order chi connectivity index (χ1) is 7.19. The Morgan fingerprint density at radius 1 is 1.33 bits per heavy atom. The van der Waals surface area contributed by atoms with Crippen LogP contribution in [0.25, 0.3) is 0 Å². The van der Waals surface area contributed by atoms with Crippen molar-refractivity contribution in [1.82, 2.24) is 4.98 Å². The standard InChI is InChI=1S/C10H11NO4/c1-14-9(12)6-8-7(10(13)15-2)4-3-5-11-8/h3-5H,6H2,1-2H3. The minimum atomic E-state index is -0.512. The number of hydrogen-bond acceptors (Lipinski definition) is 5. The molecule has 0 aliphatic carbocycles. The number of carbonyl (C=O) groups excluding carboxylic acids is 2. The van der Waals surface area contributed by atoms with Gasteiger partial charge in [0.25, 0.3) is 0 Å². The lowest BCUT2D eigenvalue weighted by Crippen LogP contribution is -2.12. The summed E-state index contributed by atoms with van der Waals surface area (Å²) in [5, 5.41) is 0. The Kier molecular flexibility index (Phi) is 3.79. The third kappa shape index (κ3) is 2.77. The van der Waals surface area contributed by atoms with Gasteiger partial charge in [0.1, 0.15) is 0 Å². The van der Waals surface area contributed by atoms with Gasteiger partial charge < -0.3 is 9.47 Å². The Balaban J connectivity index is 2.96. The van der Waals surface area contributed by atoms with Crippen LogP contribution in [0, 0.1) is 0 Å². The van der Waals surface area contributed by atoms with Gasteiger partial charge in [-0.1, -0.05) is 0 Å². The van der Waals surface area contributed by atoms with Crippen molar-refractivity contribution in [2.45, 2.75) is 6.42 Å². The van der Waals surface area contributed by atoms with Gasteiger partial charge in [-0.3, -0.25) is 9.78 Å². The first-order valence-electron chi connectivity index (χ1n) is 4.28. The maximum Gasteiger partial charge on any atom is 0.339 e. The van der Waals surface area contributed by atoms with E-state index >= 15 is 0 Å². The predicted octanol–water partition coefficient (Wildman–Crippen LogP) is 0.584. The first kappa shape index (κ1) is 11.2. The Hall–Kier alpha value is -1.91. The van der Waals surface area contributed by atoms with Gasteiger partial charge in [-0.05, 0) is 12.1 Å². The number of hydrogen-bond donors (Lipinski definition) is 0. The summed E-state index contributed by atoms with van der Waals surface area (Å²) in [6, 6.07) is 3.16.